The average molecular weight is 511 g/mol. The highest BCUT2D eigenvalue weighted by molar-refractivity contribution is 7.93. The van der Waals surface area contributed by atoms with E-state index < -0.39 is 32.7 Å². The summed E-state index contributed by atoms with van der Waals surface area (Å²) in [5.74, 6) is -0.651. The molecule has 1 amide bonds. The van der Waals surface area contributed by atoms with Gasteiger partial charge >= 0.3 is 6.18 Å². The van der Waals surface area contributed by atoms with Gasteiger partial charge in [0.25, 0.3) is 15.9 Å². The van der Waals surface area contributed by atoms with Crippen molar-refractivity contribution >= 4 is 55.8 Å². The number of anilines is 1. The van der Waals surface area contributed by atoms with E-state index in [0.29, 0.717) is 5.56 Å². The molecule has 1 heterocycles. The lowest BCUT2D eigenvalue weighted by atomic mass is 10.1. The molecule has 0 unspecified atom stereocenters. The molecule has 0 spiro atoms. The molecule has 0 saturated heterocycles. The first-order chi connectivity index (χ1) is 14.5. The van der Waals surface area contributed by atoms with Crippen molar-refractivity contribution in [1.82, 2.24) is 14.7 Å². The van der Waals surface area contributed by atoms with Crippen molar-refractivity contribution in [3.63, 3.8) is 0 Å². The summed E-state index contributed by atoms with van der Waals surface area (Å²) in [6.07, 6.45) is -3.40. The van der Waals surface area contributed by atoms with E-state index in [0.717, 1.165) is 29.7 Å². The second-order valence-electron chi connectivity index (χ2n) is 5.99. The first-order valence-corrected chi connectivity index (χ1v) is 11.2. The normalized spacial score (nSPS) is 11.9. The average Bonchev–Trinajstić information content (AvgIpc) is 3.17. The van der Waals surface area contributed by atoms with Crippen LogP contribution in [0.2, 0.25) is 10.0 Å². The van der Waals surface area contributed by atoms with Crippen molar-refractivity contribution in [1.29, 1.82) is 0 Å². The molecule has 0 aliphatic heterocycles. The van der Waals surface area contributed by atoms with E-state index >= 15 is 0 Å². The zero-order valence-electron chi connectivity index (χ0n) is 15.1. The van der Waals surface area contributed by atoms with Crippen LogP contribution in [0.3, 0.4) is 0 Å². The van der Waals surface area contributed by atoms with Gasteiger partial charge in [0.05, 0.1) is 26.1 Å². The van der Waals surface area contributed by atoms with Gasteiger partial charge in [0, 0.05) is 18.1 Å². The Balaban J connectivity index is 1.71. The van der Waals surface area contributed by atoms with E-state index in [2.05, 4.69) is 19.4 Å². The fraction of sp³-hybridized carbons (Fsp3) is 0.118. The number of rotatable bonds is 6. The van der Waals surface area contributed by atoms with Gasteiger partial charge in [0.15, 0.2) is 0 Å². The Hall–Kier alpha value is -2.41. The zero-order valence-corrected chi connectivity index (χ0v) is 18.2. The summed E-state index contributed by atoms with van der Waals surface area (Å²) in [5, 5.41) is 1.93. The number of alkyl halides is 3. The number of carbonyl (C=O) groups excluding carboxylic acids is 1. The number of aromatic nitrogens is 2. The molecule has 0 saturated carbocycles. The minimum absolute atomic E-state index is 0.0189. The van der Waals surface area contributed by atoms with Gasteiger partial charge in [-0.25, -0.2) is 13.4 Å². The van der Waals surface area contributed by atoms with Gasteiger partial charge in [-0.05, 0) is 35.9 Å². The highest BCUT2D eigenvalue weighted by Gasteiger charge is 2.33. The predicted molar refractivity (Wildman–Crippen MR) is 110 cm³/mol. The molecule has 1 aromatic heterocycles. The van der Waals surface area contributed by atoms with Crippen LogP contribution in [-0.2, 0) is 22.7 Å². The minimum atomic E-state index is -4.58. The van der Waals surface area contributed by atoms with Crippen molar-refractivity contribution in [3.8, 4) is 0 Å². The molecular weight excluding hydrogens is 500 g/mol. The third-order valence-electron chi connectivity index (χ3n) is 3.87. The number of halogens is 5. The van der Waals surface area contributed by atoms with E-state index in [9.17, 15) is 26.4 Å². The van der Waals surface area contributed by atoms with Crippen LogP contribution in [0, 0.1) is 0 Å². The van der Waals surface area contributed by atoms with Crippen molar-refractivity contribution in [3.05, 3.63) is 69.5 Å². The van der Waals surface area contributed by atoms with Gasteiger partial charge in [0.1, 0.15) is 6.33 Å². The molecule has 7 nitrogen and oxygen atoms in total. The van der Waals surface area contributed by atoms with Crippen molar-refractivity contribution in [2.75, 3.05) is 4.72 Å². The molecule has 0 radical (unpaired) electrons. The molecular formula is C17H11Cl2F3N4O3S2. The molecule has 2 N–H and O–H groups in total. The summed E-state index contributed by atoms with van der Waals surface area (Å²) in [6.45, 7) is -0.119. The van der Waals surface area contributed by atoms with E-state index in [1.807, 2.05) is 0 Å². The standard InChI is InChI=1S/C17H11Cl2F3N4O3S2/c18-13-6-10(31(28,29)26-16-24-8-25-30-16)2-3-11(13)15(27)23-7-9-1-4-12(14(19)5-9)17(20,21)22/h1-6,8H,7H2,(H,23,27)(H,24,25,26). The Morgan fingerprint density at radius 1 is 1.10 bits per heavy atom. The molecule has 0 atom stereocenters. The van der Waals surface area contributed by atoms with E-state index in [-0.39, 0.29) is 27.2 Å². The van der Waals surface area contributed by atoms with Gasteiger partial charge in [-0.15, -0.1) is 0 Å². The fourth-order valence-corrected chi connectivity index (χ4v) is 4.74. The first-order valence-electron chi connectivity index (χ1n) is 8.20. The number of hydrogen-bond donors (Lipinski definition) is 2. The largest absolute Gasteiger partial charge is 0.417 e. The lowest BCUT2D eigenvalue weighted by Gasteiger charge is -2.12. The third kappa shape index (κ3) is 5.64. The molecule has 3 rings (SSSR count). The Kier molecular flexibility index (Phi) is 6.74. The van der Waals surface area contributed by atoms with Crippen LogP contribution >= 0.6 is 34.7 Å². The summed E-state index contributed by atoms with van der Waals surface area (Å²) in [7, 11) is -3.99. The minimum Gasteiger partial charge on any atom is -0.348 e. The molecule has 31 heavy (non-hydrogen) atoms. The van der Waals surface area contributed by atoms with Crippen LogP contribution in [0.4, 0.5) is 18.3 Å². The molecule has 0 bridgehead atoms. The second kappa shape index (κ2) is 8.99. The maximum atomic E-state index is 12.8. The number of amides is 1. The monoisotopic (exact) mass is 510 g/mol. The molecule has 0 aliphatic rings. The Labute approximate surface area is 188 Å². The summed E-state index contributed by atoms with van der Waals surface area (Å²) >= 11 is 12.6. The first kappa shape index (κ1) is 23.3. The molecule has 2 aromatic carbocycles. The van der Waals surface area contributed by atoms with E-state index in [1.165, 1.54) is 24.5 Å². The number of benzene rings is 2. The molecule has 0 fully saturated rings. The number of nitrogens with zero attached hydrogens (tertiary/aromatic N) is 2. The van der Waals surface area contributed by atoms with Crippen molar-refractivity contribution in [2.24, 2.45) is 0 Å². The highest BCUT2D eigenvalue weighted by atomic mass is 35.5. The lowest BCUT2D eigenvalue weighted by molar-refractivity contribution is -0.137. The molecule has 3 aromatic rings. The van der Waals surface area contributed by atoms with Gasteiger partial charge < -0.3 is 5.32 Å². The Morgan fingerprint density at radius 2 is 1.84 bits per heavy atom. The van der Waals surface area contributed by atoms with Crippen LogP contribution in [0.1, 0.15) is 21.5 Å². The fourth-order valence-electron chi connectivity index (χ4n) is 2.42. The maximum Gasteiger partial charge on any atom is 0.417 e. The summed E-state index contributed by atoms with van der Waals surface area (Å²) in [5.41, 5.74) is -0.663. The Morgan fingerprint density at radius 3 is 2.42 bits per heavy atom. The lowest BCUT2D eigenvalue weighted by Crippen LogP contribution is -2.23. The Bertz CT molecular complexity index is 1220. The SMILES string of the molecule is O=C(NCc1ccc(C(F)(F)F)c(Cl)c1)c1ccc(S(=O)(=O)Nc2ncns2)cc1Cl. The van der Waals surface area contributed by atoms with Gasteiger partial charge in [-0.3, -0.25) is 9.52 Å². The summed E-state index contributed by atoms with van der Waals surface area (Å²) in [4.78, 5) is 15.9. The quantitative estimate of drug-likeness (QED) is 0.504. The van der Waals surface area contributed by atoms with Crippen LogP contribution in [0.15, 0.2) is 47.6 Å². The highest BCUT2D eigenvalue weighted by Crippen LogP contribution is 2.35. The van der Waals surface area contributed by atoms with Gasteiger partial charge in [-0.2, -0.15) is 17.5 Å². The zero-order chi connectivity index (χ0) is 22.8. The molecule has 164 valence electrons. The molecule has 0 aliphatic carbocycles. The van der Waals surface area contributed by atoms with Gasteiger partial charge in [-0.1, -0.05) is 29.3 Å². The van der Waals surface area contributed by atoms with Crippen LogP contribution in [0.25, 0.3) is 0 Å². The smallest absolute Gasteiger partial charge is 0.348 e. The van der Waals surface area contributed by atoms with Crippen molar-refractivity contribution in [2.45, 2.75) is 17.6 Å². The number of nitrogens with one attached hydrogen (secondary N) is 2. The van der Waals surface area contributed by atoms with E-state index in [1.54, 1.807) is 0 Å². The number of sulfonamides is 1. The van der Waals surface area contributed by atoms with Crippen molar-refractivity contribution < 1.29 is 26.4 Å². The van der Waals surface area contributed by atoms with Crippen LogP contribution in [-0.4, -0.2) is 23.7 Å². The summed E-state index contributed by atoms with van der Waals surface area (Å²) < 4.78 is 68.9. The van der Waals surface area contributed by atoms with Crippen LogP contribution < -0.4 is 10.0 Å². The number of carbonyl (C=O) groups is 1. The van der Waals surface area contributed by atoms with Gasteiger partial charge in [0.2, 0.25) is 5.13 Å². The van der Waals surface area contributed by atoms with E-state index in [4.69, 9.17) is 23.2 Å². The number of hydrogen-bond acceptors (Lipinski definition) is 6. The topological polar surface area (TPSA) is 101 Å². The summed E-state index contributed by atoms with van der Waals surface area (Å²) in [6, 6.07) is 6.59. The van der Waals surface area contributed by atoms with Crippen LogP contribution in [0.5, 0.6) is 0 Å². The molecule has 14 heteroatoms. The predicted octanol–water partition coefficient (Wildman–Crippen LogP) is 4.59. The third-order valence-corrected chi connectivity index (χ3v) is 6.54. The maximum absolute atomic E-state index is 12.8. The second-order valence-corrected chi connectivity index (χ2v) is 9.27.